The van der Waals surface area contributed by atoms with Gasteiger partial charge in [-0.15, -0.1) is 11.3 Å². The van der Waals surface area contributed by atoms with Crippen LogP contribution in [0.15, 0.2) is 77.7 Å². The Morgan fingerprint density at radius 2 is 1.69 bits per heavy atom. The zero-order valence-electron chi connectivity index (χ0n) is 16.8. The SMILES string of the molecule is Cc1sc(-c2ccccc2)nc1-c1ccc(Nc2ccc(S(N)(=O)=O)cc2[N+](=O)[O-])cc1. The number of thiazole rings is 1. The molecule has 4 aromatic rings. The molecule has 162 valence electrons. The van der Waals surface area contributed by atoms with Crippen LogP contribution in [0, 0.1) is 17.0 Å². The van der Waals surface area contributed by atoms with E-state index in [-0.39, 0.29) is 16.3 Å². The first-order valence-corrected chi connectivity index (χ1v) is 11.8. The number of nitrogens with one attached hydrogen (secondary N) is 1. The summed E-state index contributed by atoms with van der Waals surface area (Å²) in [6.07, 6.45) is 0. The predicted octanol–water partition coefficient (Wildman–Crippen LogP) is 5.08. The number of nitrogens with two attached hydrogens (primary N) is 1. The second-order valence-electron chi connectivity index (χ2n) is 6.97. The molecule has 0 unspecified atom stereocenters. The van der Waals surface area contributed by atoms with Gasteiger partial charge in [0, 0.05) is 27.8 Å². The summed E-state index contributed by atoms with van der Waals surface area (Å²) in [4.78, 5) is 16.3. The highest BCUT2D eigenvalue weighted by atomic mass is 32.2. The van der Waals surface area contributed by atoms with Crippen LogP contribution in [0.5, 0.6) is 0 Å². The van der Waals surface area contributed by atoms with Crippen molar-refractivity contribution in [3.8, 4) is 21.8 Å². The first-order valence-electron chi connectivity index (χ1n) is 9.44. The molecule has 1 aromatic heterocycles. The second kappa shape index (κ2) is 8.50. The van der Waals surface area contributed by atoms with Crippen molar-refractivity contribution < 1.29 is 13.3 Å². The number of hydrogen-bond donors (Lipinski definition) is 2. The standard InChI is InChI=1S/C22H18N4O4S2/c1-14-21(25-22(31-14)16-5-3-2-4-6-16)15-7-9-17(10-8-15)24-19-12-11-18(32(23,29)30)13-20(19)26(27)28/h2-13,24H,1H3,(H2,23,29,30). The molecule has 4 rings (SSSR count). The number of nitro benzene ring substituents is 1. The molecule has 0 aliphatic carbocycles. The van der Waals surface area contributed by atoms with Gasteiger partial charge in [0.2, 0.25) is 10.0 Å². The molecule has 0 aliphatic heterocycles. The normalized spacial score (nSPS) is 11.3. The van der Waals surface area contributed by atoms with Gasteiger partial charge in [-0.2, -0.15) is 0 Å². The summed E-state index contributed by atoms with van der Waals surface area (Å²) in [5, 5.41) is 20.4. The van der Waals surface area contributed by atoms with Gasteiger partial charge in [-0.05, 0) is 31.2 Å². The number of sulfonamides is 1. The Balaban J connectivity index is 1.61. The number of primary sulfonamides is 1. The van der Waals surface area contributed by atoms with E-state index in [1.54, 1.807) is 23.5 Å². The van der Waals surface area contributed by atoms with Crippen LogP contribution in [0.3, 0.4) is 0 Å². The van der Waals surface area contributed by atoms with Crippen molar-refractivity contribution >= 4 is 38.4 Å². The molecule has 1 heterocycles. The van der Waals surface area contributed by atoms with Crippen LogP contribution in [-0.4, -0.2) is 18.3 Å². The summed E-state index contributed by atoms with van der Waals surface area (Å²) in [7, 11) is -4.05. The van der Waals surface area contributed by atoms with Gasteiger partial charge in [0.25, 0.3) is 5.69 Å². The van der Waals surface area contributed by atoms with Crippen LogP contribution < -0.4 is 10.5 Å². The van der Waals surface area contributed by atoms with Crippen LogP contribution in [0.1, 0.15) is 4.88 Å². The number of nitrogens with zero attached hydrogens (tertiary/aromatic N) is 2. The van der Waals surface area contributed by atoms with Gasteiger partial charge in [-0.3, -0.25) is 10.1 Å². The van der Waals surface area contributed by atoms with E-state index >= 15 is 0 Å². The van der Waals surface area contributed by atoms with E-state index in [0.717, 1.165) is 32.8 Å². The molecule has 0 bridgehead atoms. The van der Waals surface area contributed by atoms with Gasteiger partial charge in [0.15, 0.2) is 0 Å². The van der Waals surface area contributed by atoms with Gasteiger partial charge in [0.1, 0.15) is 10.7 Å². The summed E-state index contributed by atoms with van der Waals surface area (Å²) in [6.45, 7) is 2.02. The highest BCUT2D eigenvalue weighted by Crippen LogP contribution is 2.35. The lowest BCUT2D eigenvalue weighted by Gasteiger charge is -2.09. The smallest absolute Gasteiger partial charge is 0.294 e. The van der Waals surface area contributed by atoms with Crippen molar-refractivity contribution in [1.29, 1.82) is 0 Å². The number of aromatic nitrogens is 1. The van der Waals surface area contributed by atoms with Gasteiger partial charge < -0.3 is 5.32 Å². The number of aryl methyl sites for hydroxylation is 1. The lowest BCUT2D eigenvalue weighted by atomic mass is 10.1. The Hall–Kier alpha value is -3.60. The Bertz CT molecular complexity index is 1400. The molecule has 3 N–H and O–H groups in total. The predicted molar refractivity (Wildman–Crippen MR) is 125 cm³/mol. The molecule has 0 amide bonds. The van der Waals surface area contributed by atoms with Crippen LogP contribution in [0.25, 0.3) is 21.8 Å². The third kappa shape index (κ3) is 4.52. The maximum absolute atomic E-state index is 11.5. The van der Waals surface area contributed by atoms with E-state index < -0.39 is 14.9 Å². The zero-order chi connectivity index (χ0) is 22.9. The van der Waals surface area contributed by atoms with Gasteiger partial charge in [-0.1, -0.05) is 42.5 Å². The molecule has 0 spiro atoms. The zero-order valence-corrected chi connectivity index (χ0v) is 18.5. The molecule has 0 radical (unpaired) electrons. The molecule has 0 saturated carbocycles. The fraction of sp³-hybridized carbons (Fsp3) is 0.0455. The summed E-state index contributed by atoms with van der Waals surface area (Å²) in [5.74, 6) is 0. The van der Waals surface area contributed by atoms with Crippen LogP contribution in [0.4, 0.5) is 17.1 Å². The molecular formula is C22H18N4O4S2. The highest BCUT2D eigenvalue weighted by molar-refractivity contribution is 7.89. The average molecular weight is 467 g/mol. The van der Waals surface area contributed by atoms with Crippen LogP contribution in [-0.2, 0) is 10.0 Å². The van der Waals surface area contributed by atoms with Crippen molar-refractivity contribution in [1.82, 2.24) is 4.98 Å². The van der Waals surface area contributed by atoms with E-state index in [9.17, 15) is 18.5 Å². The molecule has 10 heteroatoms. The molecule has 0 fully saturated rings. The fourth-order valence-electron chi connectivity index (χ4n) is 3.18. The summed E-state index contributed by atoms with van der Waals surface area (Å²) in [5.41, 5.74) is 3.24. The molecule has 32 heavy (non-hydrogen) atoms. The Kier molecular flexibility index (Phi) is 5.74. The maximum atomic E-state index is 11.5. The number of nitro groups is 1. The summed E-state index contributed by atoms with van der Waals surface area (Å²) in [6, 6.07) is 20.8. The third-order valence-electron chi connectivity index (χ3n) is 4.75. The topological polar surface area (TPSA) is 128 Å². The van der Waals surface area contributed by atoms with E-state index in [4.69, 9.17) is 10.1 Å². The molecule has 0 atom stereocenters. The number of anilines is 2. The molecule has 8 nitrogen and oxygen atoms in total. The lowest BCUT2D eigenvalue weighted by Crippen LogP contribution is -2.12. The minimum absolute atomic E-state index is 0.159. The third-order valence-corrected chi connectivity index (χ3v) is 6.68. The largest absolute Gasteiger partial charge is 0.350 e. The van der Waals surface area contributed by atoms with Crippen LogP contribution >= 0.6 is 11.3 Å². The summed E-state index contributed by atoms with van der Waals surface area (Å²) >= 11 is 1.62. The Morgan fingerprint density at radius 3 is 2.31 bits per heavy atom. The van der Waals surface area contributed by atoms with Crippen molar-refractivity contribution in [2.24, 2.45) is 5.14 Å². The van der Waals surface area contributed by atoms with E-state index in [2.05, 4.69) is 5.32 Å². The van der Waals surface area contributed by atoms with E-state index in [1.807, 2.05) is 49.4 Å². The second-order valence-corrected chi connectivity index (χ2v) is 9.74. The minimum Gasteiger partial charge on any atom is -0.350 e. The van der Waals surface area contributed by atoms with Crippen molar-refractivity contribution in [3.05, 3.63) is 87.8 Å². The first-order chi connectivity index (χ1) is 15.2. The molecular weight excluding hydrogens is 448 g/mol. The average Bonchev–Trinajstić information content (AvgIpc) is 3.16. The van der Waals surface area contributed by atoms with Crippen LogP contribution in [0.2, 0.25) is 0 Å². The van der Waals surface area contributed by atoms with E-state index in [0.29, 0.717) is 5.69 Å². The van der Waals surface area contributed by atoms with Gasteiger partial charge in [-0.25, -0.2) is 18.5 Å². The maximum Gasteiger partial charge on any atom is 0.294 e. The lowest BCUT2D eigenvalue weighted by molar-refractivity contribution is -0.384. The van der Waals surface area contributed by atoms with Gasteiger partial charge in [0.05, 0.1) is 15.5 Å². The first kappa shape index (κ1) is 21.6. The van der Waals surface area contributed by atoms with Crippen molar-refractivity contribution in [3.63, 3.8) is 0 Å². The Labute approximate surface area is 188 Å². The number of rotatable bonds is 6. The molecule has 0 saturated heterocycles. The number of hydrogen-bond acceptors (Lipinski definition) is 7. The van der Waals surface area contributed by atoms with Crippen molar-refractivity contribution in [2.75, 3.05) is 5.32 Å². The highest BCUT2D eigenvalue weighted by Gasteiger charge is 2.19. The van der Waals surface area contributed by atoms with E-state index in [1.165, 1.54) is 12.1 Å². The summed E-state index contributed by atoms with van der Waals surface area (Å²) < 4.78 is 23.0. The molecule has 0 aliphatic rings. The molecule has 3 aromatic carbocycles. The minimum atomic E-state index is -4.05. The quantitative estimate of drug-likeness (QED) is 0.301. The number of benzene rings is 3. The Morgan fingerprint density at radius 1 is 1.00 bits per heavy atom. The van der Waals surface area contributed by atoms with Crippen molar-refractivity contribution in [2.45, 2.75) is 11.8 Å². The van der Waals surface area contributed by atoms with Gasteiger partial charge >= 0.3 is 0 Å². The monoisotopic (exact) mass is 466 g/mol. The fourth-order valence-corrected chi connectivity index (χ4v) is 4.66.